The van der Waals surface area contributed by atoms with Crippen LogP contribution in [0.3, 0.4) is 0 Å². The molecule has 0 spiro atoms. The molecule has 1 unspecified atom stereocenters. The molecular formula is C13H21NO2. The largest absolute Gasteiger partial charge is 0.464 e. The predicted octanol–water partition coefficient (Wildman–Crippen LogP) is 2.47. The van der Waals surface area contributed by atoms with Crippen LogP contribution < -0.4 is 0 Å². The quantitative estimate of drug-likeness (QED) is 0.640. The van der Waals surface area contributed by atoms with Crippen LogP contribution >= 0.6 is 0 Å². The highest BCUT2D eigenvalue weighted by Crippen LogP contribution is 2.28. The average Bonchev–Trinajstić information content (AvgIpc) is 2.28. The summed E-state index contributed by atoms with van der Waals surface area (Å²) < 4.78 is 4.86. The molecule has 0 aromatic carbocycles. The molecule has 0 aliphatic carbocycles. The van der Waals surface area contributed by atoms with E-state index in [4.69, 9.17) is 4.74 Å². The summed E-state index contributed by atoms with van der Waals surface area (Å²) in [6.45, 7) is 1.02. The van der Waals surface area contributed by atoms with Crippen LogP contribution in [0.25, 0.3) is 0 Å². The fraction of sp³-hybridized carbons (Fsp3) is 0.769. The highest BCUT2D eigenvalue weighted by atomic mass is 16.5. The molecule has 1 saturated heterocycles. The topological polar surface area (TPSA) is 29.5 Å². The number of hydrogen-bond donors (Lipinski definition) is 0. The van der Waals surface area contributed by atoms with Crippen molar-refractivity contribution in [1.29, 1.82) is 0 Å². The molecule has 90 valence electrons. The number of rotatable bonds is 1. The first-order valence-corrected chi connectivity index (χ1v) is 6.38. The number of fused-ring (bicyclic) bond motifs is 1. The van der Waals surface area contributed by atoms with Crippen molar-refractivity contribution in [2.75, 3.05) is 13.7 Å². The lowest BCUT2D eigenvalue weighted by molar-refractivity contribution is -0.138. The summed E-state index contributed by atoms with van der Waals surface area (Å²) in [5.74, 6) is -0.162. The van der Waals surface area contributed by atoms with Crippen molar-refractivity contribution in [2.45, 2.75) is 51.0 Å². The Labute approximate surface area is 97.5 Å². The third kappa shape index (κ3) is 2.39. The van der Waals surface area contributed by atoms with Gasteiger partial charge in [-0.2, -0.15) is 0 Å². The van der Waals surface area contributed by atoms with E-state index in [2.05, 4.69) is 4.90 Å². The van der Waals surface area contributed by atoms with Gasteiger partial charge in [0, 0.05) is 12.6 Å². The zero-order valence-electron chi connectivity index (χ0n) is 10.1. The maximum atomic E-state index is 11.7. The van der Waals surface area contributed by atoms with E-state index in [1.165, 1.54) is 45.6 Å². The molecule has 0 radical (unpaired) electrons. The molecule has 1 atom stereocenters. The van der Waals surface area contributed by atoms with E-state index in [1.807, 2.05) is 6.08 Å². The van der Waals surface area contributed by atoms with Gasteiger partial charge in [0.05, 0.1) is 7.11 Å². The molecule has 0 bridgehead atoms. The second kappa shape index (κ2) is 5.37. The first kappa shape index (κ1) is 11.5. The van der Waals surface area contributed by atoms with Crippen molar-refractivity contribution in [3.05, 3.63) is 11.8 Å². The number of carbonyl (C=O) groups excluding carboxylic acids is 1. The summed E-state index contributed by atoms with van der Waals surface area (Å²) >= 11 is 0. The van der Waals surface area contributed by atoms with Gasteiger partial charge in [-0.15, -0.1) is 0 Å². The zero-order chi connectivity index (χ0) is 11.4. The Morgan fingerprint density at radius 1 is 1.31 bits per heavy atom. The summed E-state index contributed by atoms with van der Waals surface area (Å²) in [6.07, 6.45) is 10.6. The van der Waals surface area contributed by atoms with Gasteiger partial charge in [-0.1, -0.05) is 25.3 Å². The van der Waals surface area contributed by atoms with E-state index in [9.17, 15) is 4.79 Å². The maximum absolute atomic E-state index is 11.7. The summed E-state index contributed by atoms with van der Waals surface area (Å²) in [5.41, 5.74) is 0.806. The van der Waals surface area contributed by atoms with Crippen LogP contribution in [-0.4, -0.2) is 30.6 Å². The van der Waals surface area contributed by atoms with E-state index in [0.717, 1.165) is 18.7 Å². The smallest absolute Gasteiger partial charge is 0.353 e. The van der Waals surface area contributed by atoms with Crippen LogP contribution in [0, 0.1) is 0 Å². The van der Waals surface area contributed by atoms with Crippen LogP contribution in [0.15, 0.2) is 11.8 Å². The lowest BCUT2D eigenvalue weighted by atomic mass is 9.94. The molecule has 0 aromatic rings. The standard InChI is InChI=1S/C13H21NO2/c1-16-13(15)12-9-6-8-11-7-4-2-3-5-10-14(11)12/h9,11H,2-8,10H2,1H3. The third-order valence-electron chi connectivity index (χ3n) is 3.67. The van der Waals surface area contributed by atoms with Crippen molar-refractivity contribution < 1.29 is 9.53 Å². The van der Waals surface area contributed by atoms with Crippen molar-refractivity contribution >= 4 is 5.97 Å². The van der Waals surface area contributed by atoms with Crippen molar-refractivity contribution in [3.63, 3.8) is 0 Å². The summed E-state index contributed by atoms with van der Waals surface area (Å²) in [6, 6.07) is 0.569. The molecule has 16 heavy (non-hydrogen) atoms. The van der Waals surface area contributed by atoms with Gasteiger partial charge in [0.1, 0.15) is 5.70 Å². The number of methoxy groups -OCH3 is 1. The van der Waals surface area contributed by atoms with Gasteiger partial charge in [-0.25, -0.2) is 4.79 Å². The molecule has 2 aliphatic heterocycles. The first-order chi connectivity index (χ1) is 7.83. The number of allylic oxidation sites excluding steroid dienone is 1. The van der Waals surface area contributed by atoms with Gasteiger partial charge in [0.25, 0.3) is 0 Å². The van der Waals surface area contributed by atoms with E-state index in [-0.39, 0.29) is 5.97 Å². The zero-order valence-corrected chi connectivity index (χ0v) is 10.1. The highest BCUT2D eigenvalue weighted by Gasteiger charge is 2.28. The molecular weight excluding hydrogens is 202 g/mol. The highest BCUT2D eigenvalue weighted by molar-refractivity contribution is 5.87. The number of esters is 1. The van der Waals surface area contributed by atoms with Gasteiger partial charge in [-0.05, 0) is 25.7 Å². The van der Waals surface area contributed by atoms with Crippen molar-refractivity contribution in [1.82, 2.24) is 4.90 Å². The van der Waals surface area contributed by atoms with E-state index < -0.39 is 0 Å². The first-order valence-electron chi connectivity index (χ1n) is 6.38. The Morgan fingerprint density at radius 3 is 2.94 bits per heavy atom. The number of nitrogens with zero attached hydrogens (tertiary/aromatic N) is 1. The molecule has 2 heterocycles. The summed E-state index contributed by atoms with van der Waals surface area (Å²) in [7, 11) is 1.47. The van der Waals surface area contributed by atoms with Crippen molar-refractivity contribution in [2.24, 2.45) is 0 Å². The Kier molecular flexibility index (Phi) is 3.86. The molecule has 2 aliphatic rings. The van der Waals surface area contributed by atoms with Gasteiger partial charge < -0.3 is 9.64 Å². The van der Waals surface area contributed by atoms with Gasteiger partial charge in [0.2, 0.25) is 0 Å². The molecule has 1 fully saturated rings. The second-order valence-corrected chi connectivity index (χ2v) is 4.71. The van der Waals surface area contributed by atoms with Crippen LogP contribution in [0.2, 0.25) is 0 Å². The Hall–Kier alpha value is -0.990. The van der Waals surface area contributed by atoms with E-state index >= 15 is 0 Å². The Morgan fingerprint density at radius 2 is 2.12 bits per heavy atom. The Bertz CT molecular complexity index is 286. The fourth-order valence-electron chi connectivity index (χ4n) is 2.81. The maximum Gasteiger partial charge on any atom is 0.353 e. The predicted molar refractivity (Wildman–Crippen MR) is 62.9 cm³/mol. The van der Waals surface area contributed by atoms with Crippen LogP contribution in [0.4, 0.5) is 0 Å². The fourth-order valence-corrected chi connectivity index (χ4v) is 2.81. The molecule has 0 amide bonds. The lowest BCUT2D eigenvalue weighted by Crippen LogP contribution is -2.41. The molecule has 3 nitrogen and oxygen atoms in total. The number of hydrogen-bond acceptors (Lipinski definition) is 3. The molecule has 0 aromatic heterocycles. The van der Waals surface area contributed by atoms with Gasteiger partial charge >= 0.3 is 5.97 Å². The van der Waals surface area contributed by atoms with Gasteiger partial charge in [-0.3, -0.25) is 0 Å². The summed E-state index contributed by atoms with van der Waals surface area (Å²) in [4.78, 5) is 14.0. The second-order valence-electron chi connectivity index (χ2n) is 4.71. The Balaban J connectivity index is 2.12. The third-order valence-corrected chi connectivity index (χ3v) is 3.67. The number of carbonyl (C=O) groups is 1. The van der Waals surface area contributed by atoms with Crippen LogP contribution in [0.5, 0.6) is 0 Å². The van der Waals surface area contributed by atoms with E-state index in [0.29, 0.717) is 6.04 Å². The number of ether oxygens (including phenoxy) is 1. The van der Waals surface area contributed by atoms with Crippen LogP contribution in [0.1, 0.15) is 44.9 Å². The molecule has 0 saturated carbocycles. The van der Waals surface area contributed by atoms with E-state index in [1.54, 1.807) is 0 Å². The summed E-state index contributed by atoms with van der Waals surface area (Å²) in [5, 5.41) is 0. The minimum Gasteiger partial charge on any atom is -0.464 e. The molecule has 0 N–H and O–H groups in total. The molecule has 2 rings (SSSR count). The minimum absolute atomic E-state index is 0.162. The van der Waals surface area contributed by atoms with Crippen LogP contribution in [-0.2, 0) is 9.53 Å². The average molecular weight is 223 g/mol. The molecule has 3 heteroatoms. The lowest BCUT2D eigenvalue weighted by Gasteiger charge is -2.38. The monoisotopic (exact) mass is 223 g/mol. The van der Waals surface area contributed by atoms with Crippen molar-refractivity contribution in [3.8, 4) is 0 Å². The minimum atomic E-state index is -0.162. The van der Waals surface area contributed by atoms with Gasteiger partial charge in [0.15, 0.2) is 0 Å². The normalized spacial score (nSPS) is 26.2. The SMILES string of the molecule is COC(=O)C1=CCCC2CCCCCCN12.